The van der Waals surface area contributed by atoms with Crippen LogP contribution in [0.3, 0.4) is 0 Å². The smallest absolute Gasteiger partial charge is 0.271 e. The zero-order chi connectivity index (χ0) is 17.6. The Morgan fingerprint density at radius 3 is 2.68 bits per heavy atom. The summed E-state index contributed by atoms with van der Waals surface area (Å²) in [5, 5.41) is 5.80. The summed E-state index contributed by atoms with van der Waals surface area (Å²) in [6.45, 7) is 1.79. The molecule has 1 aliphatic rings. The summed E-state index contributed by atoms with van der Waals surface area (Å²) in [4.78, 5) is 32.2. The Labute approximate surface area is 146 Å². The lowest BCUT2D eigenvalue weighted by atomic mass is 9.95. The molecule has 0 unspecified atom stereocenters. The lowest BCUT2D eigenvalue weighted by Gasteiger charge is -2.22. The number of nitrogens with zero attached hydrogens (tertiary/aromatic N) is 3. The Balaban J connectivity index is 1.64. The van der Waals surface area contributed by atoms with Crippen LogP contribution < -0.4 is 10.6 Å². The molecule has 0 aromatic carbocycles. The highest BCUT2D eigenvalue weighted by Crippen LogP contribution is 2.18. The Kier molecular flexibility index (Phi) is 5.42. The number of anilines is 1. The van der Waals surface area contributed by atoms with E-state index in [1.54, 1.807) is 42.3 Å². The number of aromatic nitrogens is 3. The van der Waals surface area contributed by atoms with Crippen molar-refractivity contribution in [1.29, 1.82) is 0 Å². The van der Waals surface area contributed by atoms with Gasteiger partial charge in [0.05, 0.1) is 11.9 Å². The zero-order valence-corrected chi connectivity index (χ0v) is 14.4. The molecule has 3 rings (SSSR count). The first-order valence-electron chi connectivity index (χ1n) is 8.77. The fraction of sp³-hybridized carbons (Fsp3) is 0.444. The maximum atomic E-state index is 12.3. The average Bonchev–Trinajstić information content (AvgIpc) is 3.13. The minimum atomic E-state index is -0.141. The van der Waals surface area contributed by atoms with E-state index in [1.165, 1.54) is 19.3 Å². The molecular weight excluding hydrogens is 318 g/mol. The summed E-state index contributed by atoms with van der Waals surface area (Å²) in [5.74, 6) is 0.440. The average molecular weight is 341 g/mol. The molecule has 2 aromatic rings. The summed E-state index contributed by atoms with van der Waals surface area (Å²) in [5.41, 5.74) is 1.03. The van der Waals surface area contributed by atoms with Gasteiger partial charge < -0.3 is 10.6 Å². The van der Waals surface area contributed by atoms with Crippen LogP contribution in [0.1, 0.15) is 55.9 Å². The third-order valence-electron chi connectivity index (χ3n) is 4.37. The predicted octanol–water partition coefficient (Wildman–Crippen LogP) is 2.68. The van der Waals surface area contributed by atoms with Gasteiger partial charge in [-0.05, 0) is 25.0 Å². The van der Waals surface area contributed by atoms with E-state index in [2.05, 4.69) is 20.6 Å². The fourth-order valence-corrected chi connectivity index (χ4v) is 2.93. The second kappa shape index (κ2) is 7.92. The van der Waals surface area contributed by atoms with Crippen LogP contribution in [0.2, 0.25) is 0 Å². The minimum Gasteiger partial charge on any atom is -0.348 e. The van der Waals surface area contributed by atoms with E-state index in [-0.39, 0.29) is 17.9 Å². The molecule has 1 aliphatic carbocycles. The molecule has 2 amide bonds. The van der Waals surface area contributed by atoms with Gasteiger partial charge >= 0.3 is 0 Å². The van der Waals surface area contributed by atoms with Crippen LogP contribution in [0, 0.1) is 0 Å². The first-order valence-corrected chi connectivity index (χ1v) is 8.77. The van der Waals surface area contributed by atoms with Crippen molar-refractivity contribution in [3.63, 3.8) is 0 Å². The monoisotopic (exact) mass is 341 g/mol. The molecule has 0 bridgehead atoms. The molecule has 2 heterocycles. The van der Waals surface area contributed by atoms with Gasteiger partial charge in [0.25, 0.3) is 5.91 Å². The molecule has 0 spiro atoms. The Morgan fingerprint density at radius 2 is 2.00 bits per heavy atom. The summed E-state index contributed by atoms with van der Waals surface area (Å²) >= 11 is 0. The topological polar surface area (TPSA) is 88.9 Å². The van der Waals surface area contributed by atoms with Crippen LogP contribution >= 0.6 is 0 Å². The standard InChI is InChI=1S/C18H23N5O2/c1-2-17(24)21-14-8-9-16(19-10-14)23-11-15(20-12-23)18(25)22-13-6-4-3-5-7-13/h8-13H,2-7H2,1H3,(H,21,24)(H,22,25). The fourth-order valence-electron chi connectivity index (χ4n) is 2.93. The van der Waals surface area contributed by atoms with Crippen molar-refractivity contribution in [2.45, 2.75) is 51.5 Å². The third kappa shape index (κ3) is 4.43. The first kappa shape index (κ1) is 17.1. The van der Waals surface area contributed by atoms with E-state index in [9.17, 15) is 9.59 Å². The SMILES string of the molecule is CCC(=O)Nc1ccc(-n2cnc(C(=O)NC3CCCCC3)c2)nc1. The van der Waals surface area contributed by atoms with E-state index >= 15 is 0 Å². The third-order valence-corrected chi connectivity index (χ3v) is 4.37. The highest BCUT2D eigenvalue weighted by Gasteiger charge is 2.18. The van der Waals surface area contributed by atoms with Gasteiger partial charge in [-0.1, -0.05) is 26.2 Å². The van der Waals surface area contributed by atoms with Crippen molar-refractivity contribution < 1.29 is 9.59 Å². The van der Waals surface area contributed by atoms with E-state index in [0.717, 1.165) is 12.8 Å². The lowest BCUT2D eigenvalue weighted by Crippen LogP contribution is -2.36. The van der Waals surface area contributed by atoms with Crippen LogP contribution in [-0.4, -0.2) is 32.4 Å². The number of pyridine rings is 1. The van der Waals surface area contributed by atoms with Crippen molar-refractivity contribution >= 4 is 17.5 Å². The maximum absolute atomic E-state index is 12.3. The normalized spacial score (nSPS) is 14.9. The van der Waals surface area contributed by atoms with Crippen molar-refractivity contribution in [2.24, 2.45) is 0 Å². The van der Waals surface area contributed by atoms with Crippen LogP contribution in [0.5, 0.6) is 0 Å². The molecule has 1 saturated carbocycles. The van der Waals surface area contributed by atoms with Crippen molar-refractivity contribution in [3.8, 4) is 5.82 Å². The number of carbonyl (C=O) groups is 2. The highest BCUT2D eigenvalue weighted by molar-refractivity contribution is 5.92. The predicted molar refractivity (Wildman–Crippen MR) is 94.6 cm³/mol. The van der Waals surface area contributed by atoms with E-state index < -0.39 is 0 Å². The second-order valence-electron chi connectivity index (χ2n) is 6.28. The van der Waals surface area contributed by atoms with Gasteiger partial charge in [-0.2, -0.15) is 0 Å². The molecule has 0 aliphatic heterocycles. The Bertz CT molecular complexity index is 732. The van der Waals surface area contributed by atoms with Gasteiger partial charge in [0.1, 0.15) is 17.8 Å². The van der Waals surface area contributed by atoms with Gasteiger partial charge in [0.2, 0.25) is 5.91 Å². The van der Waals surface area contributed by atoms with E-state index in [0.29, 0.717) is 23.6 Å². The number of nitrogens with one attached hydrogen (secondary N) is 2. The quantitative estimate of drug-likeness (QED) is 0.875. The summed E-state index contributed by atoms with van der Waals surface area (Å²) in [7, 11) is 0. The van der Waals surface area contributed by atoms with Gasteiger partial charge in [-0.3, -0.25) is 14.2 Å². The molecule has 2 aromatic heterocycles. The number of hydrogen-bond acceptors (Lipinski definition) is 4. The molecule has 7 heteroatoms. The second-order valence-corrected chi connectivity index (χ2v) is 6.28. The highest BCUT2D eigenvalue weighted by atomic mass is 16.2. The molecular formula is C18H23N5O2. The molecule has 0 radical (unpaired) electrons. The maximum Gasteiger partial charge on any atom is 0.271 e. The number of imidazole rings is 1. The van der Waals surface area contributed by atoms with E-state index in [4.69, 9.17) is 0 Å². The van der Waals surface area contributed by atoms with E-state index in [1.807, 2.05) is 0 Å². The van der Waals surface area contributed by atoms with Crippen molar-refractivity contribution in [2.75, 3.05) is 5.32 Å². The van der Waals surface area contributed by atoms with Crippen LogP contribution in [-0.2, 0) is 4.79 Å². The van der Waals surface area contributed by atoms with Crippen molar-refractivity contribution in [3.05, 3.63) is 36.5 Å². The van der Waals surface area contributed by atoms with Crippen molar-refractivity contribution in [1.82, 2.24) is 19.9 Å². The number of amides is 2. The number of hydrogen-bond donors (Lipinski definition) is 2. The molecule has 7 nitrogen and oxygen atoms in total. The molecule has 1 fully saturated rings. The lowest BCUT2D eigenvalue weighted by molar-refractivity contribution is -0.115. The van der Waals surface area contributed by atoms with Crippen LogP contribution in [0.25, 0.3) is 5.82 Å². The van der Waals surface area contributed by atoms with Gasteiger partial charge in [-0.15, -0.1) is 0 Å². The summed E-state index contributed by atoms with van der Waals surface area (Å²) < 4.78 is 1.70. The largest absolute Gasteiger partial charge is 0.348 e. The van der Waals surface area contributed by atoms with Gasteiger partial charge in [0, 0.05) is 18.7 Å². The molecule has 132 valence electrons. The summed E-state index contributed by atoms with van der Waals surface area (Å²) in [6, 6.07) is 3.80. The molecule has 2 N–H and O–H groups in total. The van der Waals surface area contributed by atoms with Crippen LogP contribution in [0.4, 0.5) is 5.69 Å². The van der Waals surface area contributed by atoms with Gasteiger partial charge in [-0.25, -0.2) is 9.97 Å². The Hall–Kier alpha value is -2.70. The van der Waals surface area contributed by atoms with Crippen LogP contribution in [0.15, 0.2) is 30.9 Å². The summed E-state index contributed by atoms with van der Waals surface area (Å²) in [6.07, 6.45) is 10.9. The minimum absolute atomic E-state index is 0.0566. The number of rotatable bonds is 5. The van der Waals surface area contributed by atoms with Gasteiger partial charge in [0.15, 0.2) is 0 Å². The molecule has 25 heavy (non-hydrogen) atoms. The first-order chi connectivity index (χ1) is 12.2. The molecule has 0 saturated heterocycles. The molecule has 0 atom stereocenters. The Morgan fingerprint density at radius 1 is 1.20 bits per heavy atom. The number of carbonyl (C=O) groups excluding carboxylic acids is 2. The zero-order valence-electron chi connectivity index (χ0n) is 14.4.